The van der Waals surface area contributed by atoms with Crippen LogP contribution in [0.3, 0.4) is 0 Å². The van der Waals surface area contributed by atoms with Gasteiger partial charge in [-0.1, -0.05) is 18.2 Å². The number of hydrogen-bond donors (Lipinski definition) is 0. The van der Waals surface area contributed by atoms with E-state index in [1.165, 1.54) is 6.07 Å². The average molecular weight is 295 g/mol. The maximum atomic E-state index is 11.3. The molecule has 0 aliphatic carbocycles. The van der Waals surface area contributed by atoms with Gasteiger partial charge in [0.15, 0.2) is 0 Å². The average Bonchev–Trinajstić information content (AvgIpc) is 2.85. The highest BCUT2D eigenvalue weighted by Crippen LogP contribution is 2.31. The number of benzene rings is 2. The Hall–Kier alpha value is -1.52. The fraction of sp³-hybridized carbons (Fsp3) is 0.143. The number of rotatable bonds is 2. The zero-order chi connectivity index (χ0) is 13.5. The minimum atomic E-state index is -3.70. The normalized spacial score (nSPS) is 13.9. The first-order valence-corrected chi connectivity index (χ1v) is 8.16. The third-order valence-corrected chi connectivity index (χ3v) is 4.49. The lowest BCUT2D eigenvalue weighted by atomic mass is 10.0. The lowest BCUT2D eigenvalue weighted by Crippen LogP contribution is -1.91. The molecule has 1 heterocycles. The van der Waals surface area contributed by atoms with E-state index in [0.29, 0.717) is 6.61 Å². The van der Waals surface area contributed by atoms with E-state index in [1.807, 2.05) is 24.3 Å². The molecule has 0 N–H and O–H groups in total. The molecule has 2 aromatic rings. The van der Waals surface area contributed by atoms with E-state index in [4.69, 9.17) is 15.4 Å². The van der Waals surface area contributed by atoms with Crippen LogP contribution in [-0.2, 0) is 15.5 Å². The van der Waals surface area contributed by atoms with Crippen molar-refractivity contribution in [2.24, 2.45) is 0 Å². The highest BCUT2D eigenvalue weighted by atomic mass is 35.7. The summed E-state index contributed by atoms with van der Waals surface area (Å²) < 4.78 is 28.1. The highest BCUT2D eigenvalue weighted by Gasteiger charge is 2.14. The lowest BCUT2D eigenvalue weighted by molar-refractivity contribution is 0.357. The lowest BCUT2D eigenvalue weighted by Gasteiger charge is -2.06. The molecule has 98 valence electrons. The van der Waals surface area contributed by atoms with Crippen LogP contribution in [0.5, 0.6) is 5.75 Å². The molecule has 2 aromatic carbocycles. The van der Waals surface area contributed by atoms with Crippen molar-refractivity contribution >= 4 is 19.7 Å². The molecule has 1 aliphatic rings. The Morgan fingerprint density at radius 2 is 1.84 bits per heavy atom. The van der Waals surface area contributed by atoms with Crippen LogP contribution >= 0.6 is 10.7 Å². The topological polar surface area (TPSA) is 43.4 Å². The Morgan fingerprint density at radius 3 is 2.63 bits per heavy atom. The standard InChI is InChI=1S/C14H11ClO3S/c15-19(16,17)13-3-1-2-10(9-13)11-4-5-14-12(8-11)6-7-18-14/h1-5,8-9H,6-7H2. The van der Waals surface area contributed by atoms with Crippen molar-refractivity contribution in [2.75, 3.05) is 6.61 Å². The second-order valence-corrected chi connectivity index (χ2v) is 6.95. The van der Waals surface area contributed by atoms with Crippen LogP contribution in [0.15, 0.2) is 47.4 Å². The van der Waals surface area contributed by atoms with Gasteiger partial charge < -0.3 is 4.74 Å². The summed E-state index contributed by atoms with van der Waals surface area (Å²) in [5, 5.41) is 0. The smallest absolute Gasteiger partial charge is 0.261 e. The fourth-order valence-corrected chi connectivity index (χ4v) is 2.99. The van der Waals surface area contributed by atoms with E-state index >= 15 is 0 Å². The molecule has 0 unspecified atom stereocenters. The molecule has 0 fully saturated rings. The van der Waals surface area contributed by atoms with E-state index < -0.39 is 9.05 Å². The summed E-state index contributed by atoms with van der Waals surface area (Å²) in [6, 6.07) is 12.5. The second kappa shape index (κ2) is 4.54. The summed E-state index contributed by atoms with van der Waals surface area (Å²) in [5.74, 6) is 0.907. The summed E-state index contributed by atoms with van der Waals surface area (Å²) in [4.78, 5) is 0.114. The van der Waals surface area contributed by atoms with E-state index in [9.17, 15) is 8.42 Å². The monoisotopic (exact) mass is 294 g/mol. The molecular formula is C14H11ClO3S. The van der Waals surface area contributed by atoms with Crippen LogP contribution in [0.4, 0.5) is 0 Å². The molecule has 19 heavy (non-hydrogen) atoms. The molecule has 0 bridgehead atoms. The van der Waals surface area contributed by atoms with Crippen molar-refractivity contribution in [1.29, 1.82) is 0 Å². The predicted molar refractivity (Wildman–Crippen MR) is 74.1 cm³/mol. The van der Waals surface area contributed by atoms with Crippen molar-refractivity contribution in [3.63, 3.8) is 0 Å². The van der Waals surface area contributed by atoms with E-state index in [1.54, 1.807) is 12.1 Å². The van der Waals surface area contributed by atoms with Gasteiger partial charge in [0.05, 0.1) is 11.5 Å². The molecule has 0 amide bonds. The minimum absolute atomic E-state index is 0.114. The largest absolute Gasteiger partial charge is 0.493 e. The molecule has 0 saturated carbocycles. The highest BCUT2D eigenvalue weighted by molar-refractivity contribution is 8.13. The Bertz CT molecular complexity index is 738. The van der Waals surface area contributed by atoms with Crippen LogP contribution in [0.1, 0.15) is 5.56 Å². The number of fused-ring (bicyclic) bond motifs is 1. The van der Waals surface area contributed by atoms with Gasteiger partial charge in [-0.05, 0) is 41.0 Å². The Kier molecular flexibility index (Phi) is 2.99. The van der Waals surface area contributed by atoms with E-state index in [2.05, 4.69) is 0 Å². The maximum absolute atomic E-state index is 11.3. The second-order valence-electron chi connectivity index (χ2n) is 4.39. The van der Waals surface area contributed by atoms with Crippen LogP contribution in [0.25, 0.3) is 11.1 Å². The third-order valence-electron chi connectivity index (χ3n) is 3.14. The molecule has 3 nitrogen and oxygen atoms in total. The van der Waals surface area contributed by atoms with Crippen LogP contribution in [0, 0.1) is 0 Å². The first-order valence-electron chi connectivity index (χ1n) is 5.85. The SMILES string of the molecule is O=S(=O)(Cl)c1cccc(-c2ccc3c(c2)CCO3)c1. The van der Waals surface area contributed by atoms with Gasteiger partial charge in [-0.2, -0.15) is 0 Å². The van der Waals surface area contributed by atoms with Gasteiger partial charge in [0.2, 0.25) is 0 Å². The zero-order valence-electron chi connectivity index (χ0n) is 9.97. The number of hydrogen-bond acceptors (Lipinski definition) is 3. The van der Waals surface area contributed by atoms with E-state index in [0.717, 1.165) is 28.9 Å². The molecule has 0 radical (unpaired) electrons. The van der Waals surface area contributed by atoms with Crippen molar-refractivity contribution in [1.82, 2.24) is 0 Å². The molecule has 5 heteroatoms. The Morgan fingerprint density at radius 1 is 1.05 bits per heavy atom. The van der Waals surface area contributed by atoms with Gasteiger partial charge >= 0.3 is 0 Å². The molecule has 0 spiro atoms. The van der Waals surface area contributed by atoms with Crippen molar-refractivity contribution in [2.45, 2.75) is 11.3 Å². The summed E-state index contributed by atoms with van der Waals surface area (Å²) in [7, 11) is 1.67. The van der Waals surface area contributed by atoms with Gasteiger partial charge in [0, 0.05) is 17.1 Å². The van der Waals surface area contributed by atoms with Crippen LogP contribution < -0.4 is 4.74 Å². The molecule has 1 aliphatic heterocycles. The minimum Gasteiger partial charge on any atom is -0.493 e. The zero-order valence-corrected chi connectivity index (χ0v) is 11.5. The molecular weight excluding hydrogens is 284 g/mol. The van der Waals surface area contributed by atoms with Gasteiger partial charge in [0.25, 0.3) is 9.05 Å². The van der Waals surface area contributed by atoms with E-state index in [-0.39, 0.29) is 4.90 Å². The third kappa shape index (κ3) is 2.46. The van der Waals surface area contributed by atoms with Crippen molar-refractivity contribution < 1.29 is 13.2 Å². The molecule has 0 aromatic heterocycles. The quantitative estimate of drug-likeness (QED) is 0.799. The summed E-state index contributed by atoms with van der Waals surface area (Å²) in [6.07, 6.45) is 0.886. The maximum Gasteiger partial charge on any atom is 0.261 e. The number of halogens is 1. The van der Waals surface area contributed by atoms with Gasteiger partial charge in [-0.25, -0.2) is 8.42 Å². The van der Waals surface area contributed by atoms with Gasteiger partial charge in [0.1, 0.15) is 5.75 Å². The first kappa shape index (κ1) is 12.5. The van der Waals surface area contributed by atoms with Crippen LogP contribution in [0.2, 0.25) is 0 Å². The fourth-order valence-electron chi connectivity index (χ4n) is 2.19. The van der Waals surface area contributed by atoms with Gasteiger partial charge in [-0.3, -0.25) is 0 Å². The predicted octanol–water partition coefficient (Wildman–Crippen LogP) is 3.22. The molecule has 3 rings (SSSR count). The van der Waals surface area contributed by atoms with Crippen molar-refractivity contribution in [3.8, 4) is 16.9 Å². The summed E-state index contributed by atoms with van der Waals surface area (Å²) in [5.41, 5.74) is 2.94. The summed E-state index contributed by atoms with van der Waals surface area (Å²) in [6.45, 7) is 0.703. The molecule has 0 saturated heterocycles. The molecule has 0 atom stereocenters. The van der Waals surface area contributed by atoms with Gasteiger partial charge in [-0.15, -0.1) is 0 Å². The number of ether oxygens (including phenoxy) is 1. The summed E-state index contributed by atoms with van der Waals surface area (Å²) >= 11 is 0. The van der Waals surface area contributed by atoms with Crippen molar-refractivity contribution in [3.05, 3.63) is 48.0 Å². The first-order chi connectivity index (χ1) is 9.04. The Labute approximate surface area is 116 Å². The Balaban J connectivity index is 2.08. The van der Waals surface area contributed by atoms with Crippen LogP contribution in [-0.4, -0.2) is 15.0 Å².